The monoisotopic (exact) mass is 406 g/mol. The predicted molar refractivity (Wildman–Crippen MR) is 88.4 cm³/mol. The molecule has 152 valence electrons. The lowest BCUT2D eigenvalue weighted by molar-refractivity contribution is -0.143. The molecule has 0 atom stereocenters. The Hall–Kier alpha value is -2.71. The first-order valence-electron chi connectivity index (χ1n) is 8.08. The summed E-state index contributed by atoms with van der Waals surface area (Å²) in [6.45, 7) is 2.77. The standard InChI is InChI=1S/C19H16F6O3/c1-11(2)28-17-7-12(9-26)3-6-16(17)27-10-13-4-5-14(18(20,21)22)8-15(13)19(23,24)25/h3-9,11H,10H2,1-2H3. The molecule has 2 rings (SSSR count). The summed E-state index contributed by atoms with van der Waals surface area (Å²) in [7, 11) is 0. The first-order valence-corrected chi connectivity index (χ1v) is 8.08. The Kier molecular flexibility index (Phi) is 6.26. The lowest BCUT2D eigenvalue weighted by Crippen LogP contribution is -2.15. The summed E-state index contributed by atoms with van der Waals surface area (Å²) >= 11 is 0. The third-order valence-electron chi connectivity index (χ3n) is 3.59. The van der Waals surface area contributed by atoms with E-state index in [-0.39, 0.29) is 29.2 Å². The van der Waals surface area contributed by atoms with E-state index < -0.39 is 35.6 Å². The number of carbonyl (C=O) groups excluding carboxylic acids is 1. The van der Waals surface area contributed by atoms with Crippen molar-refractivity contribution in [3.8, 4) is 11.5 Å². The summed E-state index contributed by atoms with van der Waals surface area (Å²) < 4.78 is 88.7. The van der Waals surface area contributed by atoms with Crippen LogP contribution in [0.4, 0.5) is 26.3 Å². The number of rotatable bonds is 6. The molecule has 0 unspecified atom stereocenters. The lowest BCUT2D eigenvalue weighted by atomic mass is 10.0. The Morgan fingerprint density at radius 2 is 1.61 bits per heavy atom. The Balaban J connectivity index is 2.35. The summed E-state index contributed by atoms with van der Waals surface area (Å²) in [6.07, 6.45) is -9.63. The van der Waals surface area contributed by atoms with Gasteiger partial charge >= 0.3 is 12.4 Å². The zero-order chi connectivity index (χ0) is 21.1. The van der Waals surface area contributed by atoms with Crippen molar-refractivity contribution in [1.29, 1.82) is 0 Å². The molecule has 0 saturated heterocycles. The quantitative estimate of drug-likeness (QED) is 0.442. The summed E-state index contributed by atoms with van der Waals surface area (Å²) in [5.41, 5.74) is -3.02. The highest BCUT2D eigenvalue weighted by Gasteiger charge is 2.38. The minimum atomic E-state index is -4.99. The molecule has 28 heavy (non-hydrogen) atoms. The van der Waals surface area contributed by atoms with Crippen LogP contribution in [0.2, 0.25) is 0 Å². The summed E-state index contributed by atoms with van der Waals surface area (Å²) in [6, 6.07) is 5.44. The average Bonchev–Trinajstić information content (AvgIpc) is 2.58. The van der Waals surface area contributed by atoms with Crippen LogP contribution < -0.4 is 9.47 Å². The first kappa shape index (κ1) is 21.6. The Morgan fingerprint density at radius 1 is 0.929 bits per heavy atom. The van der Waals surface area contributed by atoms with Crippen LogP contribution in [0.15, 0.2) is 36.4 Å². The van der Waals surface area contributed by atoms with Crippen molar-refractivity contribution in [3.63, 3.8) is 0 Å². The van der Waals surface area contributed by atoms with Crippen molar-refractivity contribution in [2.45, 2.75) is 38.9 Å². The van der Waals surface area contributed by atoms with Gasteiger partial charge < -0.3 is 9.47 Å². The molecule has 2 aromatic carbocycles. The van der Waals surface area contributed by atoms with E-state index in [1.807, 2.05) is 0 Å². The van der Waals surface area contributed by atoms with Gasteiger partial charge in [-0.1, -0.05) is 6.07 Å². The highest BCUT2D eigenvalue weighted by molar-refractivity contribution is 5.76. The van der Waals surface area contributed by atoms with E-state index in [1.165, 1.54) is 18.2 Å². The number of halogens is 6. The van der Waals surface area contributed by atoms with Crippen molar-refractivity contribution in [3.05, 3.63) is 58.7 Å². The van der Waals surface area contributed by atoms with Crippen LogP contribution in [0.3, 0.4) is 0 Å². The molecule has 0 bridgehead atoms. The number of ether oxygens (including phenoxy) is 2. The number of aldehydes is 1. The third-order valence-corrected chi connectivity index (χ3v) is 3.59. The Labute approximate surface area is 156 Å². The van der Waals surface area contributed by atoms with Gasteiger partial charge in [0.1, 0.15) is 12.9 Å². The maximum atomic E-state index is 13.2. The molecule has 0 radical (unpaired) electrons. The molecular formula is C19H16F6O3. The second-order valence-corrected chi connectivity index (χ2v) is 6.15. The van der Waals surface area contributed by atoms with Gasteiger partial charge in [0.2, 0.25) is 0 Å². The maximum absolute atomic E-state index is 13.2. The summed E-state index contributed by atoms with van der Waals surface area (Å²) in [5.74, 6) is 0.201. The number of benzene rings is 2. The molecule has 0 fully saturated rings. The van der Waals surface area contributed by atoms with Gasteiger partial charge in [-0.25, -0.2) is 0 Å². The van der Waals surface area contributed by atoms with E-state index in [0.717, 1.165) is 6.07 Å². The van der Waals surface area contributed by atoms with Gasteiger partial charge in [0.25, 0.3) is 0 Å². The molecular weight excluding hydrogens is 390 g/mol. The summed E-state index contributed by atoms with van der Waals surface area (Å²) in [5, 5.41) is 0. The van der Waals surface area contributed by atoms with Crippen LogP contribution in [0.1, 0.15) is 40.9 Å². The topological polar surface area (TPSA) is 35.5 Å². The van der Waals surface area contributed by atoms with Crippen LogP contribution in [-0.4, -0.2) is 12.4 Å². The van der Waals surface area contributed by atoms with E-state index in [1.54, 1.807) is 13.8 Å². The molecule has 0 N–H and O–H groups in total. The molecule has 9 heteroatoms. The van der Waals surface area contributed by atoms with Gasteiger partial charge in [-0.05, 0) is 44.2 Å². The van der Waals surface area contributed by atoms with E-state index in [0.29, 0.717) is 12.4 Å². The van der Waals surface area contributed by atoms with Crippen molar-refractivity contribution in [2.75, 3.05) is 0 Å². The lowest BCUT2D eigenvalue weighted by Gasteiger charge is -2.18. The average molecular weight is 406 g/mol. The fourth-order valence-electron chi connectivity index (χ4n) is 2.36. The van der Waals surface area contributed by atoms with Crippen LogP contribution in [0.25, 0.3) is 0 Å². The normalized spacial score (nSPS) is 12.2. The Bertz CT molecular complexity index is 841. The highest BCUT2D eigenvalue weighted by atomic mass is 19.4. The Morgan fingerprint density at radius 3 is 2.14 bits per heavy atom. The molecule has 0 aromatic heterocycles. The zero-order valence-corrected chi connectivity index (χ0v) is 14.8. The fourth-order valence-corrected chi connectivity index (χ4v) is 2.36. The molecule has 0 spiro atoms. The van der Waals surface area contributed by atoms with Crippen molar-refractivity contribution in [2.24, 2.45) is 0 Å². The minimum absolute atomic E-state index is 0.0553. The van der Waals surface area contributed by atoms with Gasteiger partial charge in [-0.3, -0.25) is 4.79 Å². The van der Waals surface area contributed by atoms with Gasteiger partial charge in [-0.15, -0.1) is 0 Å². The van der Waals surface area contributed by atoms with E-state index in [2.05, 4.69) is 0 Å². The van der Waals surface area contributed by atoms with Crippen molar-refractivity contribution in [1.82, 2.24) is 0 Å². The fraction of sp³-hybridized carbons (Fsp3) is 0.316. The second kappa shape index (κ2) is 8.12. The highest BCUT2D eigenvalue weighted by Crippen LogP contribution is 2.38. The van der Waals surface area contributed by atoms with Crippen LogP contribution >= 0.6 is 0 Å². The molecule has 0 aliphatic carbocycles. The minimum Gasteiger partial charge on any atom is -0.487 e. The van der Waals surface area contributed by atoms with Gasteiger partial charge in [0.05, 0.1) is 17.2 Å². The van der Waals surface area contributed by atoms with E-state index in [4.69, 9.17) is 9.47 Å². The number of hydrogen-bond acceptors (Lipinski definition) is 3. The first-order chi connectivity index (χ1) is 12.9. The SMILES string of the molecule is CC(C)Oc1cc(C=O)ccc1OCc1ccc(C(F)(F)F)cc1C(F)(F)F. The molecule has 0 amide bonds. The zero-order valence-electron chi connectivity index (χ0n) is 14.8. The van der Waals surface area contributed by atoms with Gasteiger partial charge in [0.15, 0.2) is 11.5 Å². The second-order valence-electron chi connectivity index (χ2n) is 6.15. The van der Waals surface area contributed by atoms with Crippen LogP contribution in [0.5, 0.6) is 11.5 Å². The number of alkyl halides is 6. The molecule has 2 aromatic rings. The number of carbonyl (C=O) groups is 1. The maximum Gasteiger partial charge on any atom is 0.416 e. The smallest absolute Gasteiger partial charge is 0.416 e. The number of hydrogen-bond donors (Lipinski definition) is 0. The largest absolute Gasteiger partial charge is 0.487 e. The predicted octanol–water partition coefficient (Wildman–Crippen LogP) is 5.90. The van der Waals surface area contributed by atoms with Gasteiger partial charge in [0, 0.05) is 11.1 Å². The van der Waals surface area contributed by atoms with Gasteiger partial charge in [-0.2, -0.15) is 26.3 Å². The molecule has 3 nitrogen and oxygen atoms in total. The summed E-state index contributed by atoms with van der Waals surface area (Å²) in [4.78, 5) is 10.9. The van der Waals surface area contributed by atoms with E-state index in [9.17, 15) is 31.1 Å². The van der Waals surface area contributed by atoms with E-state index >= 15 is 0 Å². The molecule has 0 heterocycles. The third kappa shape index (κ3) is 5.40. The molecule has 0 aliphatic heterocycles. The molecule has 0 saturated carbocycles. The molecule has 0 aliphatic rings. The van der Waals surface area contributed by atoms with Crippen molar-refractivity contribution >= 4 is 6.29 Å². The van der Waals surface area contributed by atoms with Crippen LogP contribution in [-0.2, 0) is 19.0 Å². The van der Waals surface area contributed by atoms with Crippen molar-refractivity contribution < 1.29 is 40.6 Å². The van der Waals surface area contributed by atoms with Crippen LogP contribution in [0, 0.1) is 0 Å².